The molecule has 1 aliphatic heterocycles. The van der Waals surface area contributed by atoms with Gasteiger partial charge >= 0.3 is 6.18 Å². The van der Waals surface area contributed by atoms with Gasteiger partial charge in [-0.25, -0.2) is 9.97 Å². The molecule has 1 fully saturated rings. The summed E-state index contributed by atoms with van der Waals surface area (Å²) in [5, 5.41) is 1.40. The van der Waals surface area contributed by atoms with Gasteiger partial charge < -0.3 is 9.47 Å². The topological polar surface area (TPSA) is 72.2 Å². The lowest BCUT2D eigenvalue weighted by Crippen LogP contribution is -2.44. The molecular weight excluding hydrogens is 433 g/mol. The van der Waals surface area contributed by atoms with Gasteiger partial charge in [-0.1, -0.05) is 13.0 Å². The van der Waals surface area contributed by atoms with Crippen LogP contribution in [0.3, 0.4) is 0 Å². The monoisotopic (exact) mass is 455 g/mol. The van der Waals surface area contributed by atoms with E-state index >= 15 is 0 Å². The van der Waals surface area contributed by atoms with E-state index in [9.17, 15) is 22.8 Å². The van der Waals surface area contributed by atoms with Gasteiger partial charge in [0.2, 0.25) is 0 Å². The van der Waals surface area contributed by atoms with Crippen molar-refractivity contribution in [2.24, 2.45) is 5.92 Å². The number of hydrogen-bond acceptors (Lipinski definition) is 2. The molecule has 4 heterocycles. The van der Waals surface area contributed by atoms with Gasteiger partial charge in [-0.05, 0) is 36.6 Å². The van der Waals surface area contributed by atoms with E-state index in [1.165, 1.54) is 18.2 Å². The Bertz CT molecular complexity index is 1420. The molecule has 4 aromatic rings. The Morgan fingerprint density at radius 2 is 2.00 bits per heavy atom. The molecule has 3 aromatic heterocycles. The zero-order chi connectivity index (χ0) is 23.3. The fraction of sp³-hybridized carbons (Fsp3) is 0.292. The number of likely N-dealkylation sites (tertiary alicyclic amines) is 1. The number of aromatic amines is 2. The minimum atomic E-state index is -4.51. The number of carbonyl (C=O) groups excluding carboxylic acids is 1. The zero-order valence-corrected chi connectivity index (χ0v) is 17.8. The van der Waals surface area contributed by atoms with Crippen molar-refractivity contribution in [2.45, 2.75) is 25.6 Å². The summed E-state index contributed by atoms with van der Waals surface area (Å²) in [5.74, 6) is -0.233. The maximum atomic E-state index is 13.1. The van der Waals surface area contributed by atoms with Gasteiger partial charge in [0.15, 0.2) is 5.43 Å². The molecule has 6 nitrogen and oxygen atoms in total. The molecule has 170 valence electrons. The smallest absolute Gasteiger partial charge is 0.341 e. The van der Waals surface area contributed by atoms with Crippen LogP contribution in [0.25, 0.3) is 21.9 Å². The first kappa shape index (κ1) is 21.2. The second-order valence-corrected chi connectivity index (χ2v) is 8.57. The summed E-state index contributed by atoms with van der Waals surface area (Å²) in [5.41, 5.74) is 0.615. The van der Waals surface area contributed by atoms with Crippen LogP contribution in [0, 0.1) is 5.92 Å². The van der Waals surface area contributed by atoms with Crippen LogP contribution >= 0.6 is 0 Å². The number of alkyl halides is 3. The van der Waals surface area contributed by atoms with Crippen molar-refractivity contribution in [3.63, 3.8) is 0 Å². The second-order valence-electron chi connectivity index (χ2n) is 8.57. The lowest BCUT2D eigenvalue weighted by molar-refractivity contribution is -0.345. The molecule has 1 aliphatic rings. The molecule has 1 aromatic carbocycles. The number of nitrogens with one attached hydrogen (secondary N) is 2. The van der Waals surface area contributed by atoms with Crippen LogP contribution in [0.15, 0.2) is 59.8 Å². The number of rotatable bonds is 2. The van der Waals surface area contributed by atoms with Crippen molar-refractivity contribution in [2.75, 3.05) is 13.1 Å². The molecule has 2 N–H and O–H groups in total. The molecule has 0 saturated carbocycles. The van der Waals surface area contributed by atoms with Crippen LogP contribution in [-0.2, 0) is 6.18 Å². The van der Waals surface area contributed by atoms with Crippen LogP contribution in [0.2, 0.25) is 0 Å². The van der Waals surface area contributed by atoms with Gasteiger partial charge in [-0.15, -0.1) is 0 Å². The lowest BCUT2D eigenvalue weighted by Gasteiger charge is -2.39. The highest BCUT2D eigenvalue weighted by Gasteiger charge is 2.34. The predicted octanol–water partition coefficient (Wildman–Crippen LogP) is 4.04. The average Bonchev–Trinajstić information content (AvgIpc) is 3.28. The van der Waals surface area contributed by atoms with Crippen molar-refractivity contribution < 1.29 is 22.9 Å². The van der Waals surface area contributed by atoms with E-state index in [-0.39, 0.29) is 23.0 Å². The number of H-pyrrole nitrogens is 2. The molecule has 5 rings (SSSR count). The summed E-state index contributed by atoms with van der Waals surface area (Å²) in [6.07, 6.45) is 1.39. The molecule has 1 saturated heterocycles. The van der Waals surface area contributed by atoms with Crippen LogP contribution in [0.4, 0.5) is 13.2 Å². The van der Waals surface area contributed by atoms with Crippen LogP contribution in [0.5, 0.6) is 0 Å². The van der Waals surface area contributed by atoms with E-state index in [1.54, 1.807) is 23.5 Å². The van der Waals surface area contributed by atoms with Gasteiger partial charge in [0.1, 0.15) is 6.20 Å². The summed E-state index contributed by atoms with van der Waals surface area (Å²) in [4.78, 5) is 33.5. The quantitative estimate of drug-likeness (QED) is 0.496. The van der Waals surface area contributed by atoms with Gasteiger partial charge in [-0.3, -0.25) is 9.59 Å². The number of benzene rings is 1. The summed E-state index contributed by atoms with van der Waals surface area (Å²) in [7, 11) is 0. The van der Waals surface area contributed by atoms with E-state index in [0.717, 1.165) is 28.7 Å². The van der Waals surface area contributed by atoms with Gasteiger partial charge in [0.05, 0.1) is 34.1 Å². The number of fused-ring (bicyclic) bond motifs is 3. The van der Waals surface area contributed by atoms with E-state index in [2.05, 4.69) is 16.9 Å². The standard InChI is InChI=1S/C24H21F3N4O2/c1-14-6-9-30(23(33)15-3-2-4-16(11-15)24(25,26)27)13-19(14)31-10-7-20(32)18-12-29-22-17(21(18)31)5-8-28-22/h2-5,7-8,10-12,14,19H,6,9,13H2,1H3,(H,28,29)/p+1/t14-,19+/m1/s1. The molecule has 33 heavy (non-hydrogen) atoms. The highest BCUT2D eigenvalue weighted by atomic mass is 19.4. The fourth-order valence-electron chi connectivity index (χ4n) is 4.71. The van der Waals surface area contributed by atoms with Gasteiger partial charge in [-0.2, -0.15) is 13.2 Å². The summed E-state index contributed by atoms with van der Waals surface area (Å²) >= 11 is 0. The largest absolute Gasteiger partial charge is 0.416 e. The van der Waals surface area contributed by atoms with Crippen molar-refractivity contribution in [3.05, 3.63) is 76.3 Å². The predicted molar refractivity (Wildman–Crippen MR) is 117 cm³/mol. The molecule has 0 bridgehead atoms. The number of amides is 1. The van der Waals surface area contributed by atoms with Crippen LogP contribution < -0.4 is 10.4 Å². The number of hydrogen-bond donors (Lipinski definition) is 1. The Hall–Kier alpha value is -3.62. The summed E-state index contributed by atoms with van der Waals surface area (Å²) in [6.45, 7) is 2.88. The Morgan fingerprint density at radius 3 is 2.79 bits per heavy atom. The highest BCUT2D eigenvalue weighted by molar-refractivity contribution is 6.00. The van der Waals surface area contributed by atoms with Crippen molar-refractivity contribution in [1.29, 1.82) is 0 Å². The van der Waals surface area contributed by atoms with Crippen LogP contribution in [0.1, 0.15) is 35.3 Å². The SMILES string of the molecule is C[C@@H]1CCN(C(=O)c2cccc(C(F)(F)F)c2)C[C@@H]1n1ccc(=O)c2c[nH+]c3[nH]ccc3c21. The molecule has 0 radical (unpaired) electrons. The minimum absolute atomic E-state index is 0.0190. The van der Waals surface area contributed by atoms with Crippen molar-refractivity contribution in [3.8, 4) is 0 Å². The molecular formula is C24H22F3N4O2+. The third-order valence-corrected chi connectivity index (χ3v) is 6.53. The third kappa shape index (κ3) is 3.67. The minimum Gasteiger partial charge on any atom is -0.341 e. The first-order valence-electron chi connectivity index (χ1n) is 10.7. The van der Waals surface area contributed by atoms with Gasteiger partial charge in [0.25, 0.3) is 11.6 Å². The molecule has 1 amide bonds. The molecule has 0 spiro atoms. The van der Waals surface area contributed by atoms with E-state index in [1.807, 2.05) is 10.6 Å². The van der Waals surface area contributed by atoms with Crippen molar-refractivity contribution >= 4 is 27.8 Å². The fourth-order valence-corrected chi connectivity index (χ4v) is 4.71. The number of halogens is 3. The average molecular weight is 455 g/mol. The van der Waals surface area contributed by atoms with E-state index in [0.29, 0.717) is 24.9 Å². The lowest BCUT2D eigenvalue weighted by atomic mass is 9.92. The summed E-state index contributed by atoms with van der Waals surface area (Å²) < 4.78 is 41.4. The van der Waals surface area contributed by atoms with E-state index < -0.39 is 17.6 Å². The Kier molecular flexibility index (Phi) is 4.99. The zero-order valence-electron chi connectivity index (χ0n) is 17.8. The second kappa shape index (κ2) is 7.75. The molecule has 2 atom stereocenters. The maximum Gasteiger partial charge on any atom is 0.416 e. The summed E-state index contributed by atoms with van der Waals surface area (Å²) in [6, 6.07) is 7.80. The number of carbonyl (C=O) groups is 1. The van der Waals surface area contributed by atoms with Crippen molar-refractivity contribution in [1.82, 2.24) is 14.5 Å². The van der Waals surface area contributed by atoms with Gasteiger partial charge in [0, 0.05) is 30.9 Å². The number of aromatic nitrogens is 3. The third-order valence-electron chi connectivity index (χ3n) is 6.53. The number of piperidine rings is 1. The normalized spacial score (nSPS) is 19.3. The maximum absolute atomic E-state index is 13.1. The first-order valence-corrected chi connectivity index (χ1v) is 10.7. The molecule has 0 unspecified atom stereocenters. The Balaban J connectivity index is 1.54. The first-order chi connectivity index (χ1) is 15.7. The highest BCUT2D eigenvalue weighted by Crippen LogP contribution is 2.33. The molecule has 9 heteroatoms. The van der Waals surface area contributed by atoms with E-state index in [4.69, 9.17) is 0 Å². The number of pyridine rings is 2. The Morgan fingerprint density at radius 1 is 1.18 bits per heavy atom. The number of nitrogens with zero attached hydrogens (tertiary/aromatic N) is 2. The van der Waals surface area contributed by atoms with Crippen LogP contribution in [-0.4, -0.2) is 33.4 Å². The molecule has 0 aliphatic carbocycles. The Labute approximate surface area is 186 Å².